The number of halogens is 3. The highest BCUT2D eigenvalue weighted by molar-refractivity contribution is 7.17. The number of carbonyl (C=O) groups excluding carboxylic acids is 1. The Hall–Kier alpha value is -4.43. The molecule has 0 bridgehead atoms. The number of hydrogen-bond donors (Lipinski definition) is 5. The molecule has 0 aliphatic rings. The lowest BCUT2D eigenvalue weighted by atomic mass is 10.1. The quantitative estimate of drug-likeness (QED) is 0.205. The van der Waals surface area contributed by atoms with E-state index in [9.17, 15) is 22.8 Å². The molecule has 6 N–H and O–H groups in total. The molecule has 2 aromatic heterocycles. The van der Waals surface area contributed by atoms with E-state index in [0.29, 0.717) is 28.7 Å². The number of nitrogen functional groups attached to an aromatic ring is 1. The van der Waals surface area contributed by atoms with Gasteiger partial charge in [0.15, 0.2) is 5.13 Å². The van der Waals surface area contributed by atoms with Gasteiger partial charge in [0.1, 0.15) is 4.88 Å². The van der Waals surface area contributed by atoms with Crippen LogP contribution >= 0.6 is 11.3 Å². The molecule has 0 aliphatic carbocycles. The number of amides is 1. The number of aromatic carboxylic acids is 1. The van der Waals surface area contributed by atoms with E-state index in [1.807, 2.05) is 6.92 Å². The lowest BCUT2D eigenvalue weighted by molar-refractivity contribution is -0.137. The summed E-state index contributed by atoms with van der Waals surface area (Å²) in [6, 6.07) is 8.08. The normalized spacial score (nSPS) is 10.9. The topological polar surface area (TPSA) is 155 Å². The van der Waals surface area contributed by atoms with Crippen LogP contribution in [0.1, 0.15) is 36.9 Å². The van der Waals surface area contributed by atoms with Crippen molar-refractivity contribution < 1.29 is 33.0 Å². The molecule has 4 aromatic rings. The fourth-order valence-electron chi connectivity index (χ4n) is 3.16. The average molecular weight is 563 g/mol. The standard InChI is InChI=1S/C19H17F3N4O.C6H8N2O3S/c1-11-3-4-15(8-17(11)23)25-18(27)13-5-14(19(20,21)22)7-16(6-13)26-9-12(2)24-10-26;9-2-1-7-6-8-3-4(12-6)5(10)11/h3-10H,23H2,1-2H3,(H,25,27);3,9H,1-2H2,(H,7,8)(H,10,11). The first-order valence-electron chi connectivity index (χ1n) is 11.3. The zero-order valence-corrected chi connectivity index (χ0v) is 21.6. The van der Waals surface area contributed by atoms with Gasteiger partial charge in [-0.15, -0.1) is 0 Å². The molecule has 206 valence electrons. The van der Waals surface area contributed by atoms with Crippen molar-refractivity contribution in [2.75, 3.05) is 29.5 Å². The van der Waals surface area contributed by atoms with Gasteiger partial charge >= 0.3 is 12.1 Å². The third-order valence-corrected chi connectivity index (χ3v) is 6.10. The van der Waals surface area contributed by atoms with Gasteiger partial charge in [-0.05, 0) is 49.7 Å². The van der Waals surface area contributed by atoms with Gasteiger partial charge in [-0.3, -0.25) is 4.79 Å². The Labute approximate surface area is 225 Å². The monoisotopic (exact) mass is 562 g/mol. The highest BCUT2D eigenvalue weighted by Crippen LogP contribution is 2.32. The number of carbonyl (C=O) groups is 2. The van der Waals surface area contributed by atoms with Crippen molar-refractivity contribution in [3.05, 3.63) is 82.4 Å². The smallest absolute Gasteiger partial charge is 0.416 e. The van der Waals surface area contributed by atoms with Crippen LogP contribution in [0.4, 0.5) is 29.7 Å². The number of nitrogens with two attached hydrogens (primary N) is 1. The summed E-state index contributed by atoms with van der Waals surface area (Å²) in [5, 5.41) is 22.8. The molecule has 4 rings (SSSR count). The van der Waals surface area contributed by atoms with Crippen LogP contribution in [-0.2, 0) is 6.18 Å². The summed E-state index contributed by atoms with van der Waals surface area (Å²) in [4.78, 5) is 30.9. The Morgan fingerprint density at radius 3 is 2.44 bits per heavy atom. The van der Waals surface area contributed by atoms with Gasteiger partial charge in [0.2, 0.25) is 0 Å². The SMILES string of the molecule is Cc1cn(-c2cc(C(=O)Nc3ccc(C)c(N)c3)cc(C(F)(F)F)c2)cn1.O=C(O)c1cnc(NCCO)s1. The van der Waals surface area contributed by atoms with Crippen molar-refractivity contribution >= 4 is 39.7 Å². The number of nitrogens with one attached hydrogen (secondary N) is 2. The third kappa shape index (κ3) is 8.02. The zero-order valence-electron chi connectivity index (χ0n) is 20.8. The first-order valence-corrected chi connectivity index (χ1v) is 12.1. The summed E-state index contributed by atoms with van der Waals surface area (Å²) in [6.45, 7) is 3.92. The van der Waals surface area contributed by atoms with Gasteiger partial charge < -0.3 is 31.1 Å². The minimum absolute atomic E-state index is 0.00197. The van der Waals surface area contributed by atoms with E-state index in [1.54, 1.807) is 31.3 Å². The molecule has 0 saturated carbocycles. The van der Waals surface area contributed by atoms with E-state index in [4.69, 9.17) is 15.9 Å². The molecule has 39 heavy (non-hydrogen) atoms. The Morgan fingerprint density at radius 2 is 1.87 bits per heavy atom. The predicted octanol–water partition coefficient (Wildman–Crippen LogP) is 4.59. The number of thiazole rings is 1. The van der Waals surface area contributed by atoms with Crippen LogP contribution in [0.3, 0.4) is 0 Å². The van der Waals surface area contributed by atoms with Crippen LogP contribution < -0.4 is 16.4 Å². The van der Waals surface area contributed by atoms with E-state index in [1.165, 1.54) is 23.2 Å². The first-order chi connectivity index (χ1) is 18.4. The molecule has 10 nitrogen and oxygen atoms in total. The maximum absolute atomic E-state index is 13.3. The van der Waals surface area contributed by atoms with Crippen molar-refractivity contribution in [1.82, 2.24) is 14.5 Å². The van der Waals surface area contributed by atoms with Gasteiger partial charge in [0.25, 0.3) is 5.91 Å². The number of imidazole rings is 1. The van der Waals surface area contributed by atoms with Gasteiger partial charge in [-0.2, -0.15) is 13.2 Å². The van der Waals surface area contributed by atoms with Crippen molar-refractivity contribution in [2.24, 2.45) is 0 Å². The van der Waals surface area contributed by atoms with Crippen LogP contribution in [-0.4, -0.2) is 49.8 Å². The second kappa shape index (κ2) is 12.4. The van der Waals surface area contributed by atoms with Crippen LogP contribution in [0.2, 0.25) is 0 Å². The van der Waals surface area contributed by atoms with Crippen LogP contribution in [0.15, 0.2) is 55.1 Å². The molecule has 0 fully saturated rings. The van der Waals surface area contributed by atoms with E-state index < -0.39 is 23.6 Å². The molecule has 0 unspecified atom stereocenters. The fourth-order valence-corrected chi connectivity index (χ4v) is 3.84. The number of aliphatic hydroxyl groups is 1. The molecule has 0 spiro atoms. The molecule has 2 aromatic carbocycles. The summed E-state index contributed by atoms with van der Waals surface area (Å²) >= 11 is 1.05. The molecule has 0 saturated heterocycles. The molecule has 2 heterocycles. The number of anilines is 3. The Balaban J connectivity index is 0.000000293. The number of rotatable bonds is 7. The summed E-state index contributed by atoms with van der Waals surface area (Å²) < 4.78 is 41.3. The van der Waals surface area contributed by atoms with Crippen molar-refractivity contribution in [3.8, 4) is 5.69 Å². The summed E-state index contributed by atoms with van der Waals surface area (Å²) in [5.74, 6) is -1.65. The van der Waals surface area contributed by atoms with Crippen molar-refractivity contribution in [1.29, 1.82) is 0 Å². The Bertz CT molecular complexity index is 1470. The molecule has 0 atom stereocenters. The lowest BCUT2D eigenvalue weighted by Gasteiger charge is -2.13. The number of nitrogens with zero attached hydrogens (tertiary/aromatic N) is 3. The van der Waals surface area contributed by atoms with Gasteiger partial charge in [-0.25, -0.2) is 14.8 Å². The van der Waals surface area contributed by atoms with E-state index in [-0.39, 0.29) is 22.7 Å². The number of carboxylic acids is 1. The number of aryl methyl sites for hydroxylation is 2. The van der Waals surface area contributed by atoms with Crippen molar-refractivity contribution in [3.63, 3.8) is 0 Å². The number of carboxylic acid groups (broad SMARTS) is 1. The summed E-state index contributed by atoms with van der Waals surface area (Å²) in [7, 11) is 0. The molecular formula is C25H25F3N6O4S. The van der Waals surface area contributed by atoms with E-state index >= 15 is 0 Å². The first kappa shape index (κ1) is 29.1. The van der Waals surface area contributed by atoms with E-state index in [0.717, 1.165) is 29.0 Å². The van der Waals surface area contributed by atoms with Crippen LogP contribution in [0.5, 0.6) is 0 Å². The summed E-state index contributed by atoms with van der Waals surface area (Å²) in [5.41, 5.74) is 7.33. The highest BCUT2D eigenvalue weighted by Gasteiger charge is 2.32. The molecule has 0 aliphatic heterocycles. The Morgan fingerprint density at radius 1 is 1.13 bits per heavy atom. The van der Waals surface area contributed by atoms with E-state index in [2.05, 4.69) is 20.6 Å². The fraction of sp³-hybridized carbons (Fsp3) is 0.200. The second-order valence-corrected chi connectivity index (χ2v) is 9.23. The predicted molar refractivity (Wildman–Crippen MR) is 141 cm³/mol. The second-order valence-electron chi connectivity index (χ2n) is 8.20. The number of hydrogen-bond acceptors (Lipinski definition) is 8. The van der Waals surface area contributed by atoms with Gasteiger partial charge in [-0.1, -0.05) is 17.4 Å². The Kier molecular flexibility index (Phi) is 9.27. The summed E-state index contributed by atoms with van der Waals surface area (Å²) in [6.07, 6.45) is -0.327. The number of alkyl halides is 3. The zero-order chi connectivity index (χ0) is 28.7. The molecular weight excluding hydrogens is 537 g/mol. The number of aromatic nitrogens is 3. The maximum atomic E-state index is 13.3. The number of benzene rings is 2. The van der Waals surface area contributed by atoms with Crippen molar-refractivity contribution in [2.45, 2.75) is 20.0 Å². The van der Waals surface area contributed by atoms with Crippen LogP contribution in [0, 0.1) is 13.8 Å². The average Bonchev–Trinajstić information content (AvgIpc) is 3.54. The van der Waals surface area contributed by atoms with Gasteiger partial charge in [0.05, 0.1) is 30.4 Å². The van der Waals surface area contributed by atoms with Gasteiger partial charge in [0, 0.05) is 35.4 Å². The minimum atomic E-state index is -4.59. The molecule has 0 radical (unpaired) electrons. The highest BCUT2D eigenvalue weighted by atomic mass is 32.1. The molecule has 1 amide bonds. The number of aliphatic hydroxyl groups excluding tert-OH is 1. The van der Waals surface area contributed by atoms with Crippen LogP contribution in [0.25, 0.3) is 5.69 Å². The molecule has 14 heteroatoms. The maximum Gasteiger partial charge on any atom is 0.416 e. The third-order valence-electron chi connectivity index (χ3n) is 5.16. The minimum Gasteiger partial charge on any atom is -0.477 e. The lowest BCUT2D eigenvalue weighted by Crippen LogP contribution is -2.15. The largest absolute Gasteiger partial charge is 0.477 e.